The Morgan fingerprint density at radius 3 is 2.62 bits per heavy atom. The lowest BCUT2D eigenvalue weighted by atomic mass is 9.43. The third-order valence-electron chi connectivity index (χ3n) is 9.26. The largest absolute Gasteiger partial charge is 0.298 e. The molecule has 0 bridgehead atoms. The second-order valence-electron chi connectivity index (χ2n) is 10.0. The van der Waals surface area contributed by atoms with Crippen LogP contribution in [0, 0.1) is 57.7 Å². The lowest BCUT2D eigenvalue weighted by molar-refractivity contribution is -0.146. The lowest BCUT2D eigenvalue weighted by Crippen LogP contribution is -2.55. The molecule has 4 fully saturated rings. The summed E-state index contributed by atoms with van der Waals surface area (Å²) in [7, 11) is 0. The minimum atomic E-state index is -0.328. The monoisotopic (exact) mass is 327 g/mol. The smallest absolute Gasteiger partial charge is 0.150 e. The Balaban J connectivity index is 1.65. The van der Waals surface area contributed by atoms with E-state index in [4.69, 9.17) is 0 Å². The van der Waals surface area contributed by atoms with Gasteiger partial charge in [-0.05, 0) is 85.4 Å². The highest BCUT2D eigenvalue weighted by Gasteiger charge is 2.60. The van der Waals surface area contributed by atoms with Gasteiger partial charge in [-0.3, -0.25) is 4.79 Å². The molecule has 24 heavy (non-hydrogen) atoms. The highest BCUT2D eigenvalue weighted by atomic mass is 16.1. The predicted octanol–water partition coefficient (Wildman–Crippen LogP) is 5.37. The number of Topliss-reactive ketones (excluding diaryl/α,β-unsaturated/α-hetero) is 1. The molecule has 0 N–H and O–H groups in total. The average Bonchev–Trinajstić information content (AvgIpc) is 3.00. The summed E-state index contributed by atoms with van der Waals surface area (Å²) in [5.41, 5.74) is 0.840. The van der Waals surface area contributed by atoms with Crippen molar-refractivity contribution in [3.8, 4) is 6.07 Å². The molecule has 0 heterocycles. The van der Waals surface area contributed by atoms with Crippen LogP contribution in [0.5, 0.6) is 0 Å². The summed E-state index contributed by atoms with van der Waals surface area (Å²) < 4.78 is 0. The summed E-state index contributed by atoms with van der Waals surface area (Å²) in [5.74, 6) is 3.77. The van der Waals surface area contributed by atoms with Crippen molar-refractivity contribution in [3.05, 3.63) is 0 Å². The van der Waals surface area contributed by atoms with E-state index in [2.05, 4.69) is 26.8 Å². The van der Waals surface area contributed by atoms with Crippen molar-refractivity contribution in [3.63, 3.8) is 0 Å². The van der Waals surface area contributed by atoms with Gasteiger partial charge in [0.05, 0.1) is 6.07 Å². The summed E-state index contributed by atoms with van der Waals surface area (Å²) in [6.07, 6.45) is 11.1. The van der Waals surface area contributed by atoms with Crippen LogP contribution < -0.4 is 0 Å². The fraction of sp³-hybridized carbons (Fsp3) is 0.909. The summed E-state index contributed by atoms with van der Waals surface area (Å²) in [5, 5.41) is 9.46. The molecule has 0 spiro atoms. The van der Waals surface area contributed by atoms with Gasteiger partial charge < -0.3 is 0 Å². The van der Waals surface area contributed by atoms with E-state index in [1.165, 1.54) is 44.9 Å². The Morgan fingerprint density at radius 1 is 1.12 bits per heavy atom. The second-order valence-corrected chi connectivity index (χ2v) is 10.0. The lowest BCUT2D eigenvalue weighted by Gasteiger charge is -2.61. The molecule has 2 nitrogen and oxygen atoms in total. The zero-order valence-corrected chi connectivity index (χ0v) is 15.7. The number of ketones is 1. The number of hydrogen-bond donors (Lipinski definition) is 0. The first-order valence-corrected chi connectivity index (χ1v) is 10.3. The quantitative estimate of drug-likeness (QED) is 0.649. The van der Waals surface area contributed by atoms with Crippen LogP contribution in [0.1, 0.15) is 78.6 Å². The topological polar surface area (TPSA) is 40.9 Å². The first-order chi connectivity index (χ1) is 11.4. The molecule has 0 aromatic carbocycles. The molecule has 2 heteroatoms. The Labute approximate surface area is 147 Å². The third-order valence-corrected chi connectivity index (χ3v) is 9.26. The Bertz CT molecular complexity index is 575. The van der Waals surface area contributed by atoms with E-state index < -0.39 is 0 Å². The van der Waals surface area contributed by atoms with E-state index in [-0.39, 0.29) is 17.1 Å². The van der Waals surface area contributed by atoms with Crippen LogP contribution in [0.15, 0.2) is 0 Å². The first-order valence-electron chi connectivity index (χ1n) is 10.3. The second kappa shape index (κ2) is 5.58. The normalized spacial score (nSPS) is 50.8. The van der Waals surface area contributed by atoms with E-state index in [9.17, 15) is 10.1 Å². The van der Waals surface area contributed by atoms with E-state index in [1.807, 2.05) is 0 Å². The molecule has 4 aliphatic rings. The van der Waals surface area contributed by atoms with Crippen molar-refractivity contribution in [1.82, 2.24) is 0 Å². The molecule has 0 saturated heterocycles. The molecule has 4 saturated carbocycles. The van der Waals surface area contributed by atoms with Crippen molar-refractivity contribution in [2.45, 2.75) is 78.6 Å². The number of carbonyl (C=O) groups is 1. The van der Waals surface area contributed by atoms with Gasteiger partial charge in [-0.15, -0.1) is 0 Å². The van der Waals surface area contributed by atoms with Gasteiger partial charge in [-0.25, -0.2) is 0 Å². The van der Waals surface area contributed by atoms with Gasteiger partial charge >= 0.3 is 0 Å². The number of rotatable bonds is 1. The molecule has 0 aromatic heterocycles. The van der Waals surface area contributed by atoms with E-state index >= 15 is 0 Å². The molecule has 0 aliphatic heterocycles. The Morgan fingerprint density at radius 2 is 1.92 bits per heavy atom. The fourth-order valence-electron chi connectivity index (χ4n) is 7.96. The maximum atomic E-state index is 12.3. The SMILES string of the molecule is CC(C)[C@@]12CCC[C@H]1[C@@H]1CCC3CC(=O)[C@@H](C#N)C[C@]3(C)[C@H]1CC2. The van der Waals surface area contributed by atoms with Crippen LogP contribution in [-0.4, -0.2) is 5.78 Å². The third kappa shape index (κ3) is 2.09. The zero-order valence-electron chi connectivity index (χ0n) is 15.7. The summed E-state index contributed by atoms with van der Waals surface area (Å²) in [4.78, 5) is 12.3. The summed E-state index contributed by atoms with van der Waals surface area (Å²) >= 11 is 0. The minimum absolute atomic E-state index is 0.228. The number of carbonyl (C=O) groups excluding carboxylic acids is 1. The summed E-state index contributed by atoms with van der Waals surface area (Å²) in [6.45, 7) is 7.36. The van der Waals surface area contributed by atoms with E-state index in [0.29, 0.717) is 17.8 Å². The van der Waals surface area contributed by atoms with Gasteiger partial charge in [0, 0.05) is 6.42 Å². The van der Waals surface area contributed by atoms with Gasteiger partial charge in [-0.1, -0.05) is 27.2 Å². The molecular formula is C22H33NO. The summed E-state index contributed by atoms with van der Waals surface area (Å²) in [6, 6.07) is 2.33. The van der Waals surface area contributed by atoms with Crippen LogP contribution in [-0.2, 0) is 4.79 Å². The maximum Gasteiger partial charge on any atom is 0.150 e. The molecule has 1 unspecified atom stereocenters. The maximum absolute atomic E-state index is 12.3. The minimum Gasteiger partial charge on any atom is -0.298 e. The van der Waals surface area contributed by atoms with Crippen LogP contribution in [0.2, 0.25) is 0 Å². The molecule has 7 atom stereocenters. The van der Waals surface area contributed by atoms with Crippen molar-refractivity contribution in [2.75, 3.05) is 0 Å². The van der Waals surface area contributed by atoms with Crippen LogP contribution >= 0.6 is 0 Å². The van der Waals surface area contributed by atoms with E-state index in [0.717, 1.165) is 30.1 Å². The van der Waals surface area contributed by atoms with Gasteiger partial charge in [0.25, 0.3) is 0 Å². The standard InChI is InChI=1S/C22H33NO/c1-14(2)22-9-4-5-19(22)17-7-6-16-11-20(24)15(13-23)12-21(16,3)18(17)8-10-22/h14-19H,4-12H2,1-3H3/t15-,16?,17-,18+,19+,21+,22+/m1/s1. The van der Waals surface area contributed by atoms with Crippen LogP contribution in [0.3, 0.4) is 0 Å². The van der Waals surface area contributed by atoms with Gasteiger partial charge in [0.15, 0.2) is 0 Å². The van der Waals surface area contributed by atoms with Crippen molar-refractivity contribution < 1.29 is 4.79 Å². The van der Waals surface area contributed by atoms with E-state index in [1.54, 1.807) is 0 Å². The number of nitrogens with zero attached hydrogens (tertiary/aromatic N) is 1. The number of fused-ring (bicyclic) bond motifs is 5. The number of nitriles is 1. The average molecular weight is 328 g/mol. The highest BCUT2D eigenvalue weighted by Crippen LogP contribution is 2.67. The Hall–Kier alpha value is -0.840. The molecular weight excluding hydrogens is 294 g/mol. The van der Waals surface area contributed by atoms with Crippen molar-refractivity contribution in [1.29, 1.82) is 5.26 Å². The molecule has 0 aromatic rings. The predicted molar refractivity (Wildman–Crippen MR) is 95.0 cm³/mol. The molecule has 0 radical (unpaired) electrons. The zero-order chi connectivity index (χ0) is 17.1. The van der Waals surface area contributed by atoms with Crippen molar-refractivity contribution >= 4 is 5.78 Å². The number of hydrogen-bond acceptors (Lipinski definition) is 2. The van der Waals surface area contributed by atoms with Crippen molar-refractivity contribution in [2.24, 2.45) is 46.3 Å². The van der Waals surface area contributed by atoms with Gasteiger partial charge in [0.2, 0.25) is 0 Å². The highest BCUT2D eigenvalue weighted by molar-refractivity contribution is 5.84. The molecule has 4 aliphatic carbocycles. The van der Waals surface area contributed by atoms with Crippen LogP contribution in [0.25, 0.3) is 0 Å². The van der Waals surface area contributed by atoms with Gasteiger partial charge in [0.1, 0.15) is 11.7 Å². The van der Waals surface area contributed by atoms with Gasteiger partial charge in [-0.2, -0.15) is 5.26 Å². The first kappa shape index (κ1) is 16.6. The molecule has 132 valence electrons. The molecule has 0 amide bonds. The fourth-order valence-corrected chi connectivity index (χ4v) is 7.96. The van der Waals surface area contributed by atoms with Crippen LogP contribution in [0.4, 0.5) is 0 Å². The molecule has 4 rings (SSSR count). The Kier molecular flexibility index (Phi) is 3.87.